The van der Waals surface area contributed by atoms with Crippen molar-refractivity contribution in [2.45, 2.75) is 58.7 Å². The molecule has 1 rings (SSSR count). The van der Waals surface area contributed by atoms with Gasteiger partial charge in [-0.1, -0.05) is 20.8 Å². The molecule has 0 saturated carbocycles. The summed E-state index contributed by atoms with van der Waals surface area (Å²) < 4.78 is 5.16. The summed E-state index contributed by atoms with van der Waals surface area (Å²) in [5.41, 5.74) is 0. The van der Waals surface area contributed by atoms with Gasteiger partial charge in [0.2, 0.25) is 11.8 Å². The summed E-state index contributed by atoms with van der Waals surface area (Å²) in [6.07, 6.45) is 1.05. The first kappa shape index (κ1) is 16.1. The molecule has 1 aliphatic heterocycles. The lowest BCUT2D eigenvalue weighted by Gasteiger charge is -2.26. The minimum Gasteiger partial charge on any atom is -0.383 e. The van der Waals surface area contributed by atoms with Crippen molar-refractivity contribution >= 4 is 11.8 Å². The molecule has 2 amide bonds. The fraction of sp³-hybridized carbons (Fsp3) is 0.857. The second kappa shape index (κ2) is 7.01. The van der Waals surface area contributed by atoms with Gasteiger partial charge in [0.05, 0.1) is 19.1 Å². The summed E-state index contributed by atoms with van der Waals surface area (Å²) in [4.78, 5) is 25.6. The predicted octanol–water partition coefficient (Wildman–Crippen LogP) is 1.17. The van der Waals surface area contributed by atoms with Crippen molar-refractivity contribution in [3.8, 4) is 0 Å². The summed E-state index contributed by atoms with van der Waals surface area (Å²) >= 11 is 0. The van der Waals surface area contributed by atoms with Crippen LogP contribution in [-0.4, -0.2) is 48.6 Å². The third-order valence-corrected chi connectivity index (χ3v) is 3.78. The summed E-state index contributed by atoms with van der Waals surface area (Å²) in [7, 11) is 1.64. The molecule has 0 aromatic carbocycles. The zero-order valence-corrected chi connectivity index (χ0v) is 12.6. The van der Waals surface area contributed by atoms with Crippen molar-refractivity contribution in [3.05, 3.63) is 0 Å². The fourth-order valence-corrected chi connectivity index (χ4v) is 2.30. The molecule has 1 saturated heterocycles. The van der Waals surface area contributed by atoms with E-state index in [1.807, 2.05) is 13.8 Å². The van der Waals surface area contributed by atoms with Gasteiger partial charge in [0, 0.05) is 19.2 Å². The first-order chi connectivity index (χ1) is 8.92. The number of carbonyl (C=O) groups is 2. The standard InChI is InChI=1S/C14H26N2O3/c1-6-10(4)16-13(17)7-11(14(16)18)15-12(8-19-5)9(2)3/h9-12,15H,6-8H2,1-5H3. The molecule has 3 atom stereocenters. The lowest BCUT2D eigenvalue weighted by molar-refractivity contribution is -0.141. The average molecular weight is 270 g/mol. The first-order valence-electron chi connectivity index (χ1n) is 7.03. The molecular weight excluding hydrogens is 244 g/mol. The number of carbonyl (C=O) groups excluding carboxylic acids is 2. The van der Waals surface area contributed by atoms with Gasteiger partial charge < -0.3 is 10.1 Å². The molecule has 1 fully saturated rings. The first-order valence-corrected chi connectivity index (χ1v) is 7.03. The third kappa shape index (κ3) is 3.76. The van der Waals surface area contributed by atoms with E-state index < -0.39 is 6.04 Å². The van der Waals surface area contributed by atoms with Crippen LogP contribution < -0.4 is 5.32 Å². The van der Waals surface area contributed by atoms with Crippen molar-refractivity contribution in [1.29, 1.82) is 0 Å². The van der Waals surface area contributed by atoms with Crippen LogP contribution in [0.1, 0.15) is 40.5 Å². The number of likely N-dealkylation sites (tertiary alicyclic amines) is 1. The molecule has 0 aromatic rings. The number of nitrogens with zero attached hydrogens (tertiary/aromatic N) is 1. The Morgan fingerprint density at radius 1 is 1.37 bits per heavy atom. The SMILES string of the molecule is CCC(C)N1C(=O)CC(NC(COC)C(C)C)C1=O. The lowest BCUT2D eigenvalue weighted by atomic mass is 10.0. The lowest BCUT2D eigenvalue weighted by Crippen LogP contribution is -2.48. The van der Waals surface area contributed by atoms with Gasteiger partial charge in [0.1, 0.15) is 0 Å². The van der Waals surface area contributed by atoms with Gasteiger partial charge in [0.25, 0.3) is 0 Å². The summed E-state index contributed by atoms with van der Waals surface area (Å²) in [5, 5.41) is 3.27. The number of rotatable bonds is 7. The van der Waals surface area contributed by atoms with E-state index in [0.29, 0.717) is 12.5 Å². The predicted molar refractivity (Wildman–Crippen MR) is 73.6 cm³/mol. The molecule has 1 N–H and O–H groups in total. The van der Waals surface area contributed by atoms with E-state index in [1.54, 1.807) is 7.11 Å². The van der Waals surface area contributed by atoms with Gasteiger partial charge in [0.15, 0.2) is 0 Å². The highest BCUT2D eigenvalue weighted by Gasteiger charge is 2.41. The topological polar surface area (TPSA) is 58.6 Å². The number of hydrogen-bond acceptors (Lipinski definition) is 4. The van der Waals surface area contributed by atoms with Crippen molar-refractivity contribution in [3.63, 3.8) is 0 Å². The summed E-state index contributed by atoms with van der Waals surface area (Å²) in [5.74, 6) is 0.179. The molecule has 0 aliphatic carbocycles. The van der Waals surface area contributed by atoms with Crippen LogP contribution in [0, 0.1) is 5.92 Å². The second-order valence-corrected chi connectivity index (χ2v) is 5.59. The maximum Gasteiger partial charge on any atom is 0.247 e. The zero-order valence-electron chi connectivity index (χ0n) is 12.6. The molecule has 0 spiro atoms. The molecule has 0 aromatic heterocycles. The van der Waals surface area contributed by atoms with Crippen LogP contribution in [0.25, 0.3) is 0 Å². The Morgan fingerprint density at radius 3 is 2.47 bits per heavy atom. The largest absolute Gasteiger partial charge is 0.383 e. The number of imide groups is 1. The van der Waals surface area contributed by atoms with E-state index in [1.165, 1.54) is 4.90 Å². The van der Waals surface area contributed by atoms with Gasteiger partial charge in [-0.15, -0.1) is 0 Å². The van der Waals surface area contributed by atoms with Crippen LogP contribution in [-0.2, 0) is 14.3 Å². The number of amides is 2. The van der Waals surface area contributed by atoms with E-state index >= 15 is 0 Å². The molecule has 19 heavy (non-hydrogen) atoms. The van der Waals surface area contributed by atoms with Crippen molar-refractivity contribution in [2.24, 2.45) is 5.92 Å². The molecule has 0 bridgehead atoms. The van der Waals surface area contributed by atoms with E-state index in [0.717, 1.165) is 6.42 Å². The monoisotopic (exact) mass is 270 g/mol. The third-order valence-electron chi connectivity index (χ3n) is 3.78. The van der Waals surface area contributed by atoms with Crippen molar-refractivity contribution < 1.29 is 14.3 Å². The van der Waals surface area contributed by atoms with Crippen molar-refractivity contribution in [2.75, 3.05) is 13.7 Å². The molecular formula is C14H26N2O3. The highest BCUT2D eigenvalue weighted by Crippen LogP contribution is 2.19. The van der Waals surface area contributed by atoms with Gasteiger partial charge in [-0.2, -0.15) is 0 Å². The minimum atomic E-state index is -0.399. The molecule has 5 heteroatoms. The molecule has 1 heterocycles. The number of hydrogen-bond donors (Lipinski definition) is 1. The van der Waals surface area contributed by atoms with E-state index in [2.05, 4.69) is 19.2 Å². The van der Waals surface area contributed by atoms with E-state index in [4.69, 9.17) is 4.74 Å². The van der Waals surface area contributed by atoms with Crippen LogP contribution in [0.4, 0.5) is 0 Å². The molecule has 5 nitrogen and oxygen atoms in total. The maximum absolute atomic E-state index is 12.3. The van der Waals surface area contributed by atoms with Gasteiger partial charge in [-0.3, -0.25) is 14.5 Å². The number of methoxy groups -OCH3 is 1. The zero-order chi connectivity index (χ0) is 14.6. The summed E-state index contributed by atoms with van der Waals surface area (Å²) in [6, 6.07) is -0.334. The Labute approximate surface area is 115 Å². The highest BCUT2D eigenvalue weighted by atomic mass is 16.5. The molecule has 110 valence electrons. The Kier molecular flexibility index (Phi) is 5.94. The van der Waals surface area contributed by atoms with E-state index in [-0.39, 0.29) is 30.3 Å². The maximum atomic E-state index is 12.3. The molecule has 3 unspecified atom stereocenters. The quantitative estimate of drug-likeness (QED) is 0.706. The fourth-order valence-electron chi connectivity index (χ4n) is 2.30. The van der Waals surface area contributed by atoms with Crippen LogP contribution in [0.2, 0.25) is 0 Å². The van der Waals surface area contributed by atoms with Crippen LogP contribution in [0.15, 0.2) is 0 Å². The average Bonchev–Trinajstić information content (AvgIpc) is 2.63. The Bertz CT molecular complexity index is 331. The van der Waals surface area contributed by atoms with Crippen LogP contribution in [0.3, 0.4) is 0 Å². The number of nitrogens with one attached hydrogen (secondary N) is 1. The number of ether oxygens (including phenoxy) is 1. The van der Waals surface area contributed by atoms with Crippen LogP contribution in [0.5, 0.6) is 0 Å². The Hall–Kier alpha value is -0.940. The van der Waals surface area contributed by atoms with Gasteiger partial charge in [-0.05, 0) is 19.3 Å². The molecule has 0 radical (unpaired) electrons. The normalized spacial score (nSPS) is 23.3. The molecule has 1 aliphatic rings. The minimum absolute atomic E-state index is 0.0216. The smallest absolute Gasteiger partial charge is 0.247 e. The van der Waals surface area contributed by atoms with Gasteiger partial charge in [-0.25, -0.2) is 0 Å². The van der Waals surface area contributed by atoms with Gasteiger partial charge >= 0.3 is 0 Å². The van der Waals surface area contributed by atoms with E-state index in [9.17, 15) is 9.59 Å². The summed E-state index contributed by atoms with van der Waals surface area (Å²) in [6.45, 7) is 8.58. The highest BCUT2D eigenvalue weighted by molar-refractivity contribution is 6.05. The Morgan fingerprint density at radius 2 is 2.00 bits per heavy atom. The van der Waals surface area contributed by atoms with Crippen molar-refractivity contribution in [1.82, 2.24) is 10.2 Å². The Balaban J connectivity index is 2.70. The second-order valence-electron chi connectivity index (χ2n) is 5.59. The van der Waals surface area contributed by atoms with Crippen LogP contribution >= 0.6 is 0 Å².